The fraction of sp³-hybridized carbons (Fsp3) is 0.474. The van der Waals surface area contributed by atoms with Crippen LogP contribution in [0.4, 0.5) is 0 Å². The molecule has 2 rings (SSSR count). The van der Waals surface area contributed by atoms with Crippen LogP contribution in [0.15, 0.2) is 30.3 Å². The number of carbonyl (C=O) groups excluding carboxylic acids is 2. The summed E-state index contributed by atoms with van der Waals surface area (Å²) in [6.07, 6.45) is 3.09. The third kappa shape index (κ3) is 7.40. The van der Waals surface area contributed by atoms with Gasteiger partial charge in [-0.15, -0.1) is 0 Å². The van der Waals surface area contributed by atoms with Crippen LogP contribution in [0.3, 0.4) is 0 Å². The average molecular weight is 396 g/mol. The van der Waals surface area contributed by atoms with Crippen molar-refractivity contribution in [2.45, 2.75) is 13.8 Å². The van der Waals surface area contributed by atoms with E-state index in [1.807, 2.05) is 29.0 Å². The highest BCUT2D eigenvalue weighted by atomic mass is 35.5. The van der Waals surface area contributed by atoms with Crippen molar-refractivity contribution in [3.05, 3.63) is 40.9 Å². The zero-order chi connectivity index (χ0) is 18.9. The van der Waals surface area contributed by atoms with Crippen LogP contribution < -0.4 is 5.32 Å². The van der Waals surface area contributed by atoms with Gasteiger partial charge in [0.25, 0.3) is 0 Å². The number of benzene rings is 1. The largest absolute Gasteiger partial charge is 0.343 e. The van der Waals surface area contributed by atoms with Gasteiger partial charge in [0.2, 0.25) is 11.8 Å². The van der Waals surface area contributed by atoms with Crippen molar-refractivity contribution in [2.24, 2.45) is 5.92 Å². The molecule has 1 saturated heterocycles. The van der Waals surface area contributed by atoms with Crippen LogP contribution >= 0.6 is 23.5 Å². The molecule has 0 spiro atoms. The monoisotopic (exact) mass is 395 g/mol. The first-order valence-corrected chi connectivity index (χ1v) is 10.1. The Hall–Kier alpha value is -1.50. The average Bonchev–Trinajstić information content (AvgIpc) is 2.63. The van der Waals surface area contributed by atoms with E-state index in [4.69, 9.17) is 11.6 Å². The molecule has 0 saturated carbocycles. The minimum Gasteiger partial charge on any atom is -0.343 e. The molecule has 1 aromatic carbocycles. The van der Waals surface area contributed by atoms with Crippen LogP contribution in [0.5, 0.6) is 0 Å². The Kier molecular flexibility index (Phi) is 8.48. The molecule has 142 valence electrons. The Bertz CT molecular complexity index is 643. The summed E-state index contributed by atoms with van der Waals surface area (Å²) in [5.74, 6) is 1.44. The molecule has 0 atom stereocenters. The predicted molar refractivity (Wildman–Crippen MR) is 109 cm³/mol. The SMILES string of the molecule is CC(C)CSN1CCN(C(=O)CNC(=O)/C=C/c2cccc(Cl)c2)CC1. The Balaban J connectivity index is 1.69. The molecule has 1 heterocycles. The summed E-state index contributed by atoms with van der Waals surface area (Å²) in [6, 6.07) is 7.23. The molecule has 7 heteroatoms. The molecule has 1 aliphatic rings. The first-order chi connectivity index (χ1) is 12.4. The molecule has 1 fully saturated rings. The van der Waals surface area contributed by atoms with Crippen molar-refractivity contribution >= 4 is 41.4 Å². The molecule has 1 aromatic rings. The van der Waals surface area contributed by atoms with E-state index in [1.165, 1.54) is 6.08 Å². The minimum atomic E-state index is -0.288. The fourth-order valence-electron chi connectivity index (χ4n) is 2.44. The second-order valence-electron chi connectivity index (χ2n) is 6.61. The van der Waals surface area contributed by atoms with E-state index in [0.717, 1.165) is 24.4 Å². The van der Waals surface area contributed by atoms with Gasteiger partial charge in [0.1, 0.15) is 0 Å². The number of nitrogens with one attached hydrogen (secondary N) is 1. The van der Waals surface area contributed by atoms with E-state index in [-0.39, 0.29) is 18.4 Å². The van der Waals surface area contributed by atoms with Gasteiger partial charge >= 0.3 is 0 Å². The van der Waals surface area contributed by atoms with Gasteiger partial charge in [0.15, 0.2) is 0 Å². The van der Waals surface area contributed by atoms with Gasteiger partial charge in [0, 0.05) is 43.0 Å². The standard InChI is InChI=1S/C19H26ClN3O2S/c1-15(2)14-26-23-10-8-22(9-11-23)19(25)13-21-18(24)7-6-16-4-3-5-17(20)12-16/h3-7,12,15H,8-11,13-14H2,1-2H3,(H,21,24)/b7-6+. The lowest BCUT2D eigenvalue weighted by atomic mass is 10.2. The van der Waals surface area contributed by atoms with Crippen molar-refractivity contribution in [2.75, 3.05) is 38.5 Å². The van der Waals surface area contributed by atoms with Crippen LogP contribution in [0, 0.1) is 5.92 Å². The van der Waals surface area contributed by atoms with Gasteiger partial charge in [-0.25, -0.2) is 4.31 Å². The van der Waals surface area contributed by atoms with Crippen molar-refractivity contribution in [1.29, 1.82) is 0 Å². The summed E-state index contributed by atoms with van der Waals surface area (Å²) >= 11 is 7.75. The zero-order valence-electron chi connectivity index (χ0n) is 15.3. The number of hydrogen-bond acceptors (Lipinski definition) is 4. The van der Waals surface area contributed by atoms with E-state index in [2.05, 4.69) is 23.5 Å². The molecule has 0 aliphatic carbocycles. The summed E-state index contributed by atoms with van der Waals surface area (Å²) < 4.78 is 2.32. The van der Waals surface area contributed by atoms with E-state index in [0.29, 0.717) is 24.0 Å². The van der Waals surface area contributed by atoms with Crippen LogP contribution in [0.25, 0.3) is 6.08 Å². The van der Waals surface area contributed by atoms with Crippen LogP contribution in [0.1, 0.15) is 19.4 Å². The highest BCUT2D eigenvalue weighted by molar-refractivity contribution is 7.97. The van der Waals surface area contributed by atoms with E-state index < -0.39 is 0 Å². The highest BCUT2D eigenvalue weighted by Gasteiger charge is 2.21. The summed E-state index contributed by atoms with van der Waals surface area (Å²) in [5.41, 5.74) is 0.842. The minimum absolute atomic E-state index is 0.0257. The van der Waals surface area contributed by atoms with Gasteiger partial charge in [0.05, 0.1) is 6.54 Å². The highest BCUT2D eigenvalue weighted by Crippen LogP contribution is 2.16. The van der Waals surface area contributed by atoms with Crippen molar-refractivity contribution in [3.8, 4) is 0 Å². The normalized spacial score (nSPS) is 15.6. The number of hydrogen-bond donors (Lipinski definition) is 1. The van der Waals surface area contributed by atoms with Crippen LogP contribution in [-0.2, 0) is 9.59 Å². The smallest absolute Gasteiger partial charge is 0.244 e. The Morgan fingerprint density at radius 3 is 2.65 bits per heavy atom. The topological polar surface area (TPSA) is 52.6 Å². The fourth-order valence-corrected chi connectivity index (χ4v) is 3.57. The lowest BCUT2D eigenvalue weighted by molar-refractivity contribution is -0.133. The maximum absolute atomic E-state index is 12.2. The van der Waals surface area contributed by atoms with E-state index >= 15 is 0 Å². The second kappa shape index (κ2) is 10.6. The first-order valence-electron chi connectivity index (χ1n) is 8.81. The Labute approximate surface area is 164 Å². The molecule has 0 bridgehead atoms. The maximum atomic E-state index is 12.2. The molecule has 1 aliphatic heterocycles. The van der Waals surface area contributed by atoms with Gasteiger partial charge in [-0.05, 0) is 29.7 Å². The molecule has 2 amide bonds. The van der Waals surface area contributed by atoms with Crippen molar-refractivity contribution in [1.82, 2.24) is 14.5 Å². The van der Waals surface area contributed by atoms with Crippen LogP contribution in [0.2, 0.25) is 5.02 Å². The lowest BCUT2D eigenvalue weighted by Crippen LogP contribution is -2.49. The molecular weight excluding hydrogens is 370 g/mol. The Morgan fingerprint density at radius 2 is 2.00 bits per heavy atom. The number of halogens is 1. The molecular formula is C19H26ClN3O2S. The zero-order valence-corrected chi connectivity index (χ0v) is 16.9. The third-order valence-corrected chi connectivity index (χ3v) is 5.65. The molecule has 5 nitrogen and oxygen atoms in total. The van der Waals surface area contributed by atoms with Gasteiger partial charge in [-0.3, -0.25) is 9.59 Å². The van der Waals surface area contributed by atoms with E-state index in [1.54, 1.807) is 18.2 Å². The first kappa shape index (κ1) is 20.8. The second-order valence-corrected chi connectivity index (χ2v) is 8.15. The number of carbonyl (C=O) groups is 2. The van der Waals surface area contributed by atoms with E-state index in [9.17, 15) is 9.59 Å². The predicted octanol–water partition coefficient (Wildman–Crippen LogP) is 2.92. The quantitative estimate of drug-likeness (QED) is 0.569. The summed E-state index contributed by atoms with van der Waals surface area (Å²) in [7, 11) is 0. The third-order valence-electron chi connectivity index (χ3n) is 3.87. The van der Waals surface area contributed by atoms with Gasteiger partial charge in [-0.2, -0.15) is 0 Å². The van der Waals surface area contributed by atoms with Gasteiger partial charge < -0.3 is 10.2 Å². The maximum Gasteiger partial charge on any atom is 0.244 e. The summed E-state index contributed by atoms with van der Waals surface area (Å²) in [4.78, 5) is 25.9. The van der Waals surface area contributed by atoms with Crippen molar-refractivity contribution in [3.63, 3.8) is 0 Å². The molecule has 26 heavy (non-hydrogen) atoms. The summed E-state index contributed by atoms with van der Waals surface area (Å²) in [6.45, 7) is 7.58. The number of piperazine rings is 1. The van der Waals surface area contributed by atoms with Crippen molar-refractivity contribution < 1.29 is 9.59 Å². The van der Waals surface area contributed by atoms with Crippen LogP contribution in [-0.4, -0.2) is 59.5 Å². The lowest BCUT2D eigenvalue weighted by Gasteiger charge is -2.34. The summed E-state index contributed by atoms with van der Waals surface area (Å²) in [5, 5.41) is 3.27. The number of nitrogens with zero attached hydrogens (tertiary/aromatic N) is 2. The molecule has 0 aromatic heterocycles. The molecule has 1 N–H and O–H groups in total. The number of rotatable bonds is 7. The molecule has 0 radical (unpaired) electrons. The Morgan fingerprint density at radius 1 is 1.27 bits per heavy atom. The number of amides is 2. The molecule has 0 unspecified atom stereocenters. The van der Waals surface area contributed by atoms with Gasteiger partial charge in [-0.1, -0.05) is 49.5 Å².